The summed E-state index contributed by atoms with van der Waals surface area (Å²) in [6.07, 6.45) is 53.4. The van der Waals surface area contributed by atoms with Gasteiger partial charge >= 0.3 is 0 Å². The summed E-state index contributed by atoms with van der Waals surface area (Å²) in [7, 11) is 0. The molecule has 0 aromatic carbocycles. The Morgan fingerprint density at radius 1 is 0.386 bits per heavy atom. The summed E-state index contributed by atoms with van der Waals surface area (Å²) in [5.41, 5.74) is 0. The molecule has 0 saturated heterocycles. The molecule has 0 radical (unpaired) electrons. The Balaban J connectivity index is 2.20. The first-order chi connectivity index (χ1) is 21.8. The van der Waals surface area contributed by atoms with Crippen LogP contribution in [0, 0.1) is 0 Å². The Labute approximate surface area is 279 Å². The lowest BCUT2D eigenvalue weighted by Crippen LogP contribution is -2.37. The predicted molar refractivity (Wildman–Crippen MR) is 198 cm³/mol. The zero-order chi connectivity index (χ0) is 31.6. The number of aryl methyl sites for hydroxylation is 2. The third-order valence-corrected chi connectivity index (χ3v) is 10.1. The van der Waals surface area contributed by atoms with Crippen LogP contribution in [-0.4, -0.2) is 4.57 Å². The molecule has 0 bridgehead atoms. The largest absolute Gasteiger partial charge is 0.256 e. The summed E-state index contributed by atoms with van der Waals surface area (Å²) in [5.74, 6) is 1.62. The quantitative estimate of drug-likeness (QED) is 0.0524. The van der Waals surface area contributed by atoms with Crippen LogP contribution in [0.3, 0.4) is 0 Å². The van der Waals surface area contributed by atoms with Crippen molar-refractivity contribution < 1.29 is 4.57 Å². The van der Waals surface area contributed by atoms with Crippen molar-refractivity contribution >= 4 is 0 Å². The van der Waals surface area contributed by atoms with Gasteiger partial charge in [0.15, 0.2) is 0 Å². The van der Waals surface area contributed by atoms with Gasteiger partial charge in [0.05, 0.1) is 13.1 Å². The van der Waals surface area contributed by atoms with E-state index in [-0.39, 0.29) is 0 Å². The average molecular weight is 616 g/mol. The molecule has 0 amide bonds. The van der Waals surface area contributed by atoms with Crippen LogP contribution >= 0.6 is 0 Å². The predicted octanol–water partition coefficient (Wildman–Crippen LogP) is 14.3. The summed E-state index contributed by atoms with van der Waals surface area (Å²) >= 11 is 0. The third-order valence-electron chi connectivity index (χ3n) is 10.1. The Morgan fingerprint density at radius 2 is 0.705 bits per heavy atom. The molecule has 1 aromatic rings. The zero-order valence-electron chi connectivity index (χ0n) is 31.0. The maximum absolute atomic E-state index is 2.64. The van der Waals surface area contributed by atoms with E-state index < -0.39 is 0 Å². The normalized spacial score (nSPS) is 11.6. The minimum absolute atomic E-state index is 1.23. The van der Waals surface area contributed by atoms with Crippen LogP contribution in [0.5, 0.6) is 0 Å². The molecule has 44 heavy (non-hydrogen) atoms. The highest BCUT2D eigenvalue weighted by molar-refractivity contribution is 4.84. The smallest absolute Gasteiger partial charge is 0.234 e. The standard InChI is InChI=1S/C42H83N2/c1-4-7-10-13-16-18-19-20-21-22-23-24-25-27-30-33-36-39-44-41-40-43(38-35-32-29-15-12-9-6-3)42(44)37-34-31-28-26-17-14-11-8-5-2/h40-41H,4-39H2,1-3H3/q+1. The maximum Gasteiger partial charge on any atom is 0.256 e. The van der Waals surface area contributed by atoms with Crippen molar-refractivity contribution in [3.8, 4) is 0 Å². The van der Waals surface area contributed by atoms with Crippen LogP contribution in [0.25, 0.3) is 0 Å². The van der Waals surface area contributed by atoms with E-state index in [2.05, 4.69) is 42.3 Å². The molecule has 1 aromatic heterocycles. The number of nitrogens with zero attached hydrogens (tertiary/aromatic N) is 2. The highest BCUT2D eigenvalue weighted by Gasteiger charge is 2.16. The fourth-order valence-corrected chi connectivity index (χ4v) is 7.03. The van der Waals surface area contributed by atoms with Crippen LogP contribution < -0.4 is 4.57 Å². The van der Waals surface area contributed by atoms with E-state index in [0.717, 1.165) is 0 Å². The molecule has 1 heterocycles. The highest BCUT2D eigenvalue weighted by atomic mass is 15.1. The molecular formula is C42H83N2+. The van der Waals surface area contributed by atoms with Gasteiger partial charge in [-0.2, -0.15) is 0 Å². The number of hydrogen-bond acceptors (Lipinski definition) is 0. The van der Waals surface area contributed by atoms with E-state index >= 15 is 0 Å². The molecule has 0 atom stereocenters. The molecule has 0 aliphatic heterocycles. The average Bonchev–Trinajstić information content (AvgIpc) is 3.42. The molecule has 0 spiro atoms. The van der Waals surface area contributed by atoms with E-state index in [1.807, 2.05) is 0 Å². The summed E-state index contributed by atoms with van der Waals surface area (Å²) in [4.78, 5) is 0. The second-order valence-electron chi connectivity index (χ2n) is 14.5. The molecule has 260 valence electrons. The lowest BCUT2D eigenvalue weighted by Gasteiger charge is -2.07. The van der Waals surface area contributed by atoms with E-state index in [1.165, 1.54) is 231 Å². The molecule has 2 nitrogen and oxygen atoms in total. The van der Waals surface area contributed by atoms with E-state index in [0.29, 0.717) is 0 Å². The van der Waals surface area contributed by atoms with Crippen molar-refractivity contribution in [1.29, 1.82) is 0 Å². The van der Waals surface area contributed by atoms with Crippen LogP contribution in [0.15, 0.2) is 12.4 Å². The molecule has 0 aliphatic rings. The maximum atomic E-state index is 2.64. The van der Waals surface area contributed by atoms with Crippen LogP contribution in [-0.2, 0) is 19.5 Å². The molecule has 0 fully saturated rings. The lowest BCUT2D eigenvalue weighted by molar-refractivity contribution is -0.704. The Kier molecular flexibility index (Phi) is 31.5. The number of imidazole rings is 1. The van der Waals surface area contributed by atoms with Gasteiger partial charge in [-0.15, -0.1) is 0 Å². The van der Waals surface area contributed by atoms with Gasteiger partial charge in [0.2, 0.25) is 0 Å². The Hall–Kier alpha value is -0.790. The molecule has 2 heteroatoms. The van der Waals surface area contributed by atoms with Gasteiger partial charge in [-0.05, 0) is 32.1 Å². The molecule has 0 saturated carbocycles. The highest BCUT2D eigenvalue weighted by Crippen LogP contribution is 2.16. The molecule has 1 rings (SSSR count). The minimum Gasteiger partial charge on any atom is -0.234 e. The summed E-state index contributed by atoms with van der Waals surface area (Å²) < 4.78 is 5.27. The molecule has 0 unspecified atom stereocenters. The number of unbranched alkanes of at least 4 members (excludes halogenated alkanes) is 30. The Bertz CT molecular complexity index is 677. The Morgan fingerprint density at radius 3 is 1.09 bits per heavy atom. The lowest BCUT2D eigenvalue weighted by atomic mass is 10.0. The van der Waals surface area contributed by atoms with E-state index in [4.69, 9.17) is 0 Å². The summed E-state index contributed by atoms with van der Waals surface area (Å²) in [6.45, 7) is 9.40. The van der Waals surface area contributed by atoms with E-state index in [9.17, 15) is 0 Å². The van der Waals surface area contributed by atoms with Crippen molar-refractivity contribution in [3.05, 3.63) is 18.2 Å². The van der Waals surface area contributed by atoms with Crippen LogP contribution in [0.4, 0.5) is 0 Å². The number of aromatic nitrogens is 2. The monoisotopic (exact) mass is 616 g/mol. The van der Waals surface area contributed by atoms with Gasteiger partial charge in [-0.3, -0.25) is 0 Å². The number of rotatable bonds is 36. The van der Waals surface area contributed by atoms with Crippen molar-refractivity contribution in [2.24, 2.45) is 0 Å². The third kappa shape index (κ3) is 25.4. The van der Waals surface area contributed by atoms with Crippen LogP contribution in [0.2, 0.25) is 0 Å². The van der Waals surface area contributed by atoms with Crippen molar-refractivity contribution in [2.75, 3.05) is 0 Å². The van der Waals surface area contributed by atoms with Gasteiger partial charge < -0.3 is 0 Å². The van der Waals surface area contributed by atoms with Gasteiger partial charge in [0, 0.05) is 6.42 Å². The molecule has 0 aliphatic carbocycles. The fraction of sp³-hybridized carbons (Fsp3) is 0.929. The van der Waals surface area contributed by atoms with Gasteiger partial charge in [-0.25, -0.2) is 9.13 Å². The molecule has 0 N–H and O–H groups in total. The van der Waals surface area contributed by atoms with Gasteiger partial charge in [0.25, 0.3) is 5.82 Å². The van der Waals surface area contributed by atoms with Crippen molar-refractivity contribution in [1.82, 2.24) is 4.57 Å². The summed E-state index contributed by atoms with van der Waals surface area (Å²) in [5, 5.41) is 0. The fourth-order valence-electron chi connectivity index (χ4n) is 7.03. The molecular weight excluding hydrogens is 532 g/mol. The second-order valence-corrected chi connectivity index (χ2v) is 14.5. The SMILES string of the molecule is CCCCCCCCCCCCCCCCCCCn1cc[n+](CCCCCCCCC)c1CCCCCCCCCCC. The first-order valence-corrected chi connectivity index (χ1v) is 20.9. The summed E-state index contributed by atoms with van der Waals surface area (Å²) in [6, 6.07) is 0. The van der Waals surface area contributed by atoms with Crippen LogP contribution in [0.1, 0.15) is 238 Å². The van der Waals surface area contributed by atoms with E-state index in [1.54, 1.807) is 5.82 Å². The van der Waals surface area contributed by atoms with Crippen molar-refractivity contribution in [3.63, 3.8) is 0 Å². The first-order valence-electron chi connectivity index (χ1n) is 20.9. The zero-order valence-corrected chi connectivity index (χ0v) is 31.0. The van der Waals surface area contributed by atoms with Gasteiger partial charge in [0.1, 0.15) is 12.4 Å². The van der Waals surface area contributed by atoms with Crippen molar-refractivity contribution in [2.45, 2.75) is 252 Å². The first kappa shape index (κ1) is 41.2. The minimum atomic E-state index is 1.23. The second kappa shape index (κ2) is 33.6. The van der Waals surface area contributed by atoms with Gasteiger partial charge in [-0.1, -0.05) is 201 Å². The number of hydrogen-bond donors (Lipinski definition) is 0. The topological polar surface area (TPSA) is 8.81 Å².